The molecule has 2 rings (SSSR count). The molecule has 0 fully saturated rings. The molecule has 0 saturated heterocycles. The normalized spacial score (nSPS) is 21.7. The molecule has 0 aliphatic heterocycles. The van der Waals surface area contributed by atoms with Crippen LogP contribution in [0.15, 0.2) is 24.3 Å². The van der Waals surface area contributed by atoms with Crippen molar-refractivity contribution in [3.05, 3.63) is 35.4 Å². The molecule has 0 spiro atoms. The average Bonchev–Trinajstić information content (AvgIpc) is 2.48. The van der Waals surface area contributed by atoms with Crippen molar-refractivity contribution in [1.82, 2.24) is 4.72 Å². The summed E-state index contributed by atoms with van der Waals surface area (Å²) in [6, 6.07) is 5.68. The second-order valence-electron chi connectivity index (χ2n) is 4.87. The number of aryl methyl sites for hydroxylation is 1. The number of hydrogen-bond donors (Lipinski definition) is 1. The van der Waals surface area contributed by atoms with Crippen LogP contribution >= 0.6 is 0 Å². The summed E-state index contributed by atoms with van der Waals surface area (Å²) >= 11 is 0. The number of esters is 1. The molecule has 1 N–H and O–H groups in total. The number of fused-ring (bicyclic) bond motifs is 1. The van der Waals surface area contributed by atoms with Crippen LogP contribution < -0.4 is 4.72 Å². The third-order valence-electron chi connectivity index (χ3n) is 3.54. The molecule has 0 radical (unpaired) electrons. The molecule has 1 aliphatic rings. The number of Topliss-reactive ketones (excluding diaryl/α,β-unsaturated/α-hetero) is 1. The maximum Gasteiger partial charge on any atom is 0.511 e. The van der Waals surface area contributed by atoms with Gasteiger partial charge in [0, 0.05) is 6.42 Å². The van der Waals surface area contributed by atoms with E-state index in [1.54, 1.807) is 6.07 Å². The van der Waals surface area contributed by atoms with Crippen molar-refractivity contribution < 1.29 is 35.9 Å². The van der Waals surface area contributed by atoms with Gasteiger partial charge in [-0.1, -0.05) is 24.3 Å². The molecule has 1 atom stereocenters. The van der Waals surface area contributed by atoms with E-state index in [9.17, 15) is 31.2 Å². The first-order valence-electron chi connectivity index (χ1n) is 6.36. The fourth-order valence-corrected chi connectivity index (χ4v) is 3.31. The number of methoxy groups -OCH3 is 1. The molecule has 23 heavy (non-hydrogen) atoms. The Balaban J connectivity index is 2.72. The molecule has 1 aliphatic carbocycles. The number of carbonyl (C=O) groups excluding carboxylic acids is 2. The van der Waals surface area contributed by atoms with Gasteiger partial charge in [-0.3, -0.25) is 4.79 Å². The van der Waals surface area contributed by atoms with Crippen LogP contribution in [-0.2, 0) is 36.3 Å². The summed E-state index contributed by atoms with van der Waals surface area (Å²) < 4.78 is 66.8. The van der Waals surface area contributed by atoms with Crippen molar-refractivity contribution in [3.8, 4) is 0 Å². The van der Waals surface area contributed by atoms with E-state index < -0.39 is 32.8 Å². The Kier molecular flexibility index (Phi) is 4.24. The van der Waals surface area contributed by atoms with Gasteiger partial charge < -0.3 is 4.74 Å². The minimum atomic E-state index is -5.96. The summed E-state index contributed by atoms with van der Waals surface area (Å²) in [5, 5.41) is 0. The van der Waals surface area contributed by atoms with Gasteiger partial charge in [0.15, 0.2) is 5.78 Å². The van der Waals surface area contributed by atoms with E-state index >= 15 is 0 Å². The molecule has 0 saturated carbocycles. The highest BCUT2D eigenvalue weighted by atomic mass is 32.2. The predicted octanol–water partition coefficient (Wildman–Crippen LogP) is 1.01. The van der Waals surface area contributed by atoms with Gasteiger partial charge in [0.25, 0.3) is 0 Å². The monoisotopic (exact) mass is 351 g/mol. The van der Waals surface area contributed by atoms with Crippen molar-refractivity contribution in [2.75, 3.05) is 7.11 Å². The first kappa shape index (κ1) is 17.4. The molecule has 0 bridgehead atoms. The number of carbonyl (C=O) groups is 2. The molecular weight excluding hydrogens is 339 g/mol. The Morgan fingerprint density at radius 3 is 2.43 bits per heavy atom. The Morgan fingerprint density at radius 2 is 1.87 bits per heavy atom. The number of halogens is 3. The van der Waals surface area contributed by atoms with Crippen molar-refractivity contribution in [1.29, 1.82) is 0 Å². The third-order valence-corrected chi connectivity index (χ3v) is 4.73. The smallest absolute Gasteiger partial charge is 0.467 e. The summed E-state index contributed by atoms with van der Waals surface area (Å²) in [6.45, 7) is 0. The molecular formula is C13H12F3NO5S. The van der Waals surface area contributed by atoms with Crippen LogP contribution in [-0.4, -0.2) is 32.8 Å². The van der Waals surface area contributed by atoms with Crippen molar-refractivity contribution in [2.45, 2.75) is 23.9 Å². The Morgan fingerprint density at radius 1 is 1.26 bits per heavy atom. The number of hydrogen-bond acceptors (Lipinski definition) is 5. The third kappa shape index (κ3) is 2.72. The zero-order valence-electron chi connectivity index (χ0n) is 11.8. The lowest BCUT2D eigenvalue weighted by Gasteiger charge is -2.35. The highest BCUT2D eigenvalue weighted by Gasteiger charge is 2.59. The van der Waals surface area contributed by atoms with Crippen molar-refractivity contribution in [3.63, 3.8) is 0 Å². The highest BCUT2D eigenvalue weighted by molar-refractivity contribution is 7.90. The Hall–Kier alpha value is -1.94. The molecule has 1 unspecified atom stereocenters. The molecule has 0 heterocycles. The van der Waals surface area contributed by atoms with Gasteiger partial charge in [0.2, 0.25) is 5.54 Å². The summed E-state index contributed by atoms with van der Waals surface area (Å²) in [5.41, 5.74) is -8.18. The van der Waals surface area contributed by atoms with E-state index in [4.69, 9.17) is 0 Å². The SMILES string of the molecule is COC(=O)C1(NS(=O)(=O)C(F)(F)F)C(=O)CCc2ccccc21. The van der Waals surface area contributed by atoms with Gasteiger partial charge in [-0.25, -0.2) is 13.2 Å². The van der Waals surface area contributed by atoms with E-state index in [0.717, 1.165) is 7.11 Å². The van der Waals surface area contributed by atoms with Crippen LogP contribution in [0.2, 0.25) is 0 Å². The lowest BCUT2D eigenvalue weighted by molar-refractivity contribution is -0.153. The first-order chi connectivity index (χ1) is 10.6. The minimum absolute atomic E-state index is 0.157. The first-order valence-corrected chi connectivity index (χ1v) is 7.85. The van der Waals surface area contributed by atoms with E-state index in [2.05, 4.69) is 4.74 Å². The highest BCUT2D eigenvalue weighted by Crippen LogP contribution is 2.36. The van der Waals surface area contributed by atoms with Gasteiger partial charge in [0.1, 0.15) is 0 Å². The van der Waals surface area contributed by atoms with E-state index in [1.165, 1.54) is 22.9 Å². The largest absolute Gasteiger partial charge is 0.511 e. The van der Waals surface area contributed by atoms with E-state index in [0.29, 0.717) is 5.56 Å². The fourth-order valence-electron chi connectivity index (χ4n) is 2.48. The standard InChI is InChI=1S/C13H12F3NO5S/c1-22-11(19)12(17-23(20,21)13(14,15)16)9-5-3-2-4-8(9)6-7-10(12)18/h2-5,17H,6-7H2,1H3. The van der Waals surface area contributed by atoms with Crippen LogP contribution in [0.25, 0.3) is 0 Å². The molecule has 0 amide bonds. The van der Waals surface area contributed by atoms with Crippen LogP contribution in [0.3, 0.4) is 0 Å². The number of sulfonamides is 1. The van der Waals surface area contributed by atoms with Crippen LogP contribution in [0.4, 0.5) is 13.2 Å². The molecule has 6 nitrogen and oxygen atoms in total. The zero-order chi connectivity index (χ0) is 17.5. The lowest BCUT2D eigenvalue weighted by atomic mass is 9.76. The quantitative estimate of drug-likeness (QED) is 0.648. The average molecular weight is 351 g/mol. The number of alkyl halides is 3. The van der Waals surface area contributed by atoms with Gasteiger partial charge in [-0.2, -0.15) is 17.9 Å². The van der Waals surface area contributed by atoms with E-state index in [-0.39, 0.29) is 18.4 Å². The molecule has 1 aromatic carbocycles. The minimum Gasteiger partial charge on any atom is -0.467 e. The van der Waals surface area contributed by atoms with Gasteiger partial charge in [0.05, 0.1) is 7.11 Å². The second kappa shape index (κ2) is 5.60. The zero-order valence-corrected chi connectivity index (χ0v) is 12.6. The number of ether oxygens (including phenoxy) is 1. The maximum absolute atomic E-state index is 12.7. The Bertz CT molecular complexity index is 759. The topological polar surface area (TPSA) is 89.5 Å². The summed E-state index contributed by atoms with van der Waals surface area (Å²) in [7, 11) is -5.10. The number of benzene rings is 1. The number of ketones is 1. The fraction of sp³-hybridized carbons (Fsp3) is 0.385. The summed E-state index contributed by atoms with van der Waals surface area (Å²) in [6.07, 6.45) is -0.117. The van der Waals surface area contributed by atoms with E-state index in [1.807, 2.05) is 0 Å². The molecule has 10 heteroatoms. The van der Waals surface area contributed by atoms with Crippen molar-refractivity contribution in [2.24, 2.45) is 0 Å². The van der Waals surface area contributed by atoms with Gasteiger partial charge in [-0.05, 0) is 17.5 Å². The molecule has 1 aromatic rings. The maximum atomic E-state index is 12.7. The predicted molar refractivity (Wildman–Crippen MR) is 71.6 cm³/mol. The van der Waals surface area contributed by atoms with Crippen LogP contribution in [0, 0.1) is 0 Å². The molecule has 0 aromatic heterocycles. The van der Waals surface area contributed by atoms with Gasteiger partial charge >= 0.3 is 21.5 Å². The lowest BCUT2D eigenvalue weighted by Crippen LogP contribution is -2.61. The summed E-state index contributed by atoms with van der Waals surface area (Å²) in [4.78, 5) is 24.4. The van der Waals surface area contributed by atoms with Crippen LogP contribution in [0.5, 0.6) is 0 Å². The second-order valence-corrected chi connectivity index (χ2v) is 6.55. The number of nitrogens with one attached hydrogen (secondary N) is 1. The van der Waals surface area contributed by atoms with Crippen LogP contribution in [0.1, 0.15) is 17.5 Å². The summed E-state index contributed by atoms with van der Waals surface area (Å²) in [5.74, 6) is -2.42. The van der Waals surface area contributed by atoms with Crippen molar-refractivity contribution >= 4 is 21.8 Å². The molecule has 126 valence electrons. The Labute approximate surface area is 129 Å². The number of rotatable bonds is 3. The van der Waals surface area contributed by atoms with Gasteiger partial charge in [-0.15, -0.1) is 0 Å².